The van der Waals surface area contributed by atoms with Crippen LogP contribution < -0.4 is 16.0 Å². The zero-order valence-electron chi connectivity index (χ0n) is 11.5. The molecular weight excluding hydrogens is 228 g/mol. The number of anilines is 1. The van der Waals surface area contributed by atoms with Crippen molar-refractivity contribution in [1.29, 1.82) is 0 Å². The molecule has 0 atom stereocenters. The molecule has 1 aromatic rings. The Balaban J connectivity index is 2.75. The first kappa shape index (κ1) is 14.4. The molecule has 5 nitrogen and oxygen atoms in total. The van der Waals surface area contributed by atoms with Crippen molar-refractivity contribution in [3.63, 3.8) is 0 Å². The molecule has 0 aliphatic heterocycles. The van der Waals surface area contributed by atoms with Crippen molar-refractivity contribution < 1.29 is 4.79 Å². The van der Waals surface area contributed by atoms with Gasteiger partial charge in [-0.25, -0.2) is 4.98 Å². The molecule has 18 heavy (non-hydrogen) atoms. The predicted octanol–water partition coefficient (Wildman–Crippen LogP) is 0.810. The number of rotatable bonds is 6. The van der Waals surface area contributed by atoms with E-state index in [0.29, 0.717) is 6.04 Å². The lowest BCUT2D eigenvalue weighted by Gasteiger charge is -2.19. The minimum atomic E-state index is -0.357. The summed E-state index contributed by atoms with van der Waals surface area (Å²) in [5.41, 5.74) is 7.35. The van der Waals surface area contributed by atoms with Gasteiger partial charge in [0.05, 0.1) is 6.54 Å². The average molecular weight is 250 g/mol. The summed E-state index contributed by atoms with van der Waals surface area (Å²) in [5, 5.41) is 3.34. The SMILES string of the molecule is Cc1cc(CNC(C)C)cnc1N(C)CC(N)=O. The number of carbonyl (C=O) groups is 1. The van der Waals surface area contributed by atoms with Crippen molar-refractivity contribution in [2.45, 2.75) is 33.4 Å². The van der Waals surface area contributed by atoms with Crippen LogP contribution in [0.4, 0.5) is 5.82 Å². The standard InChI is InChI=1S/C13H22N4O/c1-9(2)15-6-11-5-10(3)13(16-7-11)17(4)8-12(14)18/h5,7,9,15H,6,8H2,1-4H3,(H2,14,18). The average Bonchev–Trinajstić information content (AvgIpc) is 2.25. The van der Waals surface area contributed by atoms with Gasteiger partial charge >= 0.3 is 0 Å². The normalized spacial score (nSPS) is 10.7. The first-order valence-corrected chi connectivity index (χ1v) is 6.08. The van der Waals surface area contributed by atoms with Crippen LogP contribution in [0.5, 0.6) is 0 Å². The highest BCUT2D eigenvalue weighted by atomic mass is 16.1. The van der Waals surface area contributed by atoms with E-state index in [1.54, 1.807) is 4.90 Å². The van der Waals surface area contributed by atoms with Gasteiger partial charge in [0.1, 0.15) is 5.82 Å². The maximum atomic E-state index is 10.9. The first-order chi connectivity index (χ1) is 8.40. The second-order valence-electron chi connectivity index (χ2n) is 4.84. The lowest BCUT2D eigenvalue weighted by atomic mass is 10.2. The lowest BCUT2D eigenvalue weighted by Crippen LogP contribution is -2.31. The summed E-state index contributed by atoms with van der Waals surface area (Å²) in [6, 6.07) is 2.53. The number of carbonyl (C=O) groups excluding carboxylic acids is 1. The summed E-state index contributed by atoms with van der Waals surface area (Å²) in [6.45, 7) is 7.17. The molecule has 1 aromatic heterocycles. The lowest BCUT2D eigenvalue weighted by molar-refractivity contribution is -0.116. The second kappa shape index (κ2) is 6.35. The molecule has 0 unspecified atom stereocenters. The van der Waals surface area contributed by atoms with Crippen LogP contribution in [0.1, 0.15) is 25.0 Å². The molecule has 0 saturated heterocycles. The molecule has 0 bridgehead atoms. The number of likely N-dealkylation sites (N-methyl/N-ethyl adjacent to an activating group) is 1. The highest BCUT2D eigenvalue weighted by Crippen LogP contribution is 2.16. The predicted molar refractivity (Wildman–Crippen MR) is 73.4 cm³/mol. The van der Waals surface area contributed by atoms with Crippen molar-refractivity contribution in [1.82, 2.24) is 10.3 Å². The Morgan fingerprint density at radius 2 is 2.22 bits per heavy atom. The molecule has 0 radical (unpaired) electrons. The van der Waals surface area contributed by atoms with Crippen LogP contribution in [0.3, 0.4) is 0 Å². The Hall–Kier alpha value is -1.62. The van der Waals surface area contributed by atoms with Gasteiger partial charge in [0, 0.05) is 25.8 Å². The molecule has 0 aliphatic rings. The number of hydrogen-bond acceptors (Lipinski definition) is 4. The molecule has 0 aromatic carbocycles. The van der Waals surface area contributed by atoms with Crippen LogP contribution in [0.15, 0.2) is 12.3 Å². The summed E-state index contributed by atoms with van der Waals surface area (Å²) in [7, 11) is 1.81. The van der Waals surface area contributed by atoms with Crippen molar-refractivity contribution >= 4 is 11.7 Å². The third-order valence-corrected chi connectivity index (χ3v) is 2.58. The van der Waals surface area contributed by atoms with Crippen LogP contribution in [0, 0.1) is 6.92 Å². The number of aromatic nitrogens is 1. The summed E-state index contributed by atoms with van der Waals surface area (Å²) < 4.78 is 0. The largest absolute Gasteiger partial charge is 0.368 e. The fraction of sp³-hybridized carbons (Fsp3) is 0.538. The van der Waals surface area contributed by atoms with Crippen molar-refractivity contribution in [2.24, 2.45) is 5.73 Å². The number of pyridine rings is 1. The number of nitrogens with one attached hydrogen (secondary N) is 1. The van der Waals surface area contributed by atoms with Crippen molar-refractivity contribution in [3.05, 3.63) is 23.4 Å². The number of nitrogens with zero attached hydrogens (tertiary/aromatic N) is 2. The number of hydrogen-bond donors (Lipinski definition) is 2. The molecule has 0 aliphatic carbocycles. The second-order valence-corrected chi connectivity index (χ2v) is 4.84. The Labute approximate surface area is 108 Å². The van der Waals surface area contributed by atoms with Gasteiger partial charge in [-0.05, 0) is 24.1 Å². The molecular formula is C13H22N4O. The summed E-state index contributed by atoms with van der Waals surface area (Å²) >= 11 is 0. The smallest absolute Gasteiger partial charge is 0.236 e. The zero-order valence-corrected chi connectivity index (χ0v) is 11.5. The topological polar surface area (TPSA) is 71.2 Å². The third-order valence-electron chi connectivity index (χ3n) is 2.58. The van der Waals surface area contributed by atoms with Gasteiger partial charge in [-0.15, -0.1) is 0 Å². The molecule has 1 heterocycles. The molecule has 0 saturated carbocycles. The van der Waals surface area contributed by atoms with E-state index in [4.69, 9.17) is 5.73 Å². The number of amides is 1. The van der Waals surface area contributed by atoms with E-state index < -0.39 is 0 Å². The van der Waals surface area contributed by atoms with E-state index in [-0.39, 0.29) is 12.5 Å². The number of aryl methyl sites for hydroxylation is 1. The first-order valence-electron chi connectivity index (χ1n) is 6.08. The van der Waals surface area contributed by atoms with E-state index >= 15 is 0 Å². The zero-order chi connectivity index (χ0) is 13.7. The fourth-order valence-electron chi connectivity index (χ4n) is 1.75. The Kier molecular flexibility index (Phi) is 5.09. The molecule has 5 heteroatoms. The maximum Gasteiger partial charge on any atom is 0.236 e. The van der Waals surface area contributed by atoms with Crippen LogP contribution >= 0.6 is 0 Å². The number of nitrogens with two attached hydrogens (primary N) is 1. The Morgan fingerprint density at radius 3 is 2.72 bits per heavy atom. The van der Waals surface area contributed by atoms with E-state index in [2.05, 4.69) is 30.2 Å². The molecule has 0 spiro atoms. The van der Waals surface area contributed by atoms with Gasteiger partial charge < -0.3 is 16.0 Å². The van der Waals surface area contributed by atoms with Gasteiger partial charge in [-0.1, -0.05) is 13.8 Å². The van der Waals surface area contributed by atoms with Crippen molar-refractivity contribution in [3.8, 4) is 0 Å². The van der Waals surface area contributed by atoms with Gasteiger partial charge in [0.2, 0.25) is 5.91 Å². The van der Waals surface area contributed by atoms with E-state index in [1.165, 1.54) is 0 Å². The van der Waals surface area contributed by atoms with Gasteiger partial charge in [-0.3, -0.25) is 4.79 Å². The quantitative estimate of drug-likeness (QED) is 0.784. The molecule has 0 fully saturated rings. The minimum Gasteiger partial charge on any atom is -0.368 e. The summed E-state index contributed by atoms with van der Waals surface area (Å²) in [6.07, 6.45) is 1.83. The van der Waals surface area contributed by atoms with Gasteiger partial charge in [-0.2, -0.15) is 0 Å². The van der Waals surface area contributed by atoms with Gasteiger partial charge in [0.15, 0.2) is 0 Å². The van der Waals surface area contributed by atoms with E-state index in [1.807, 2.05) is 20.2 Å². The minimum absolute atomic E-state index is 0.178. The number of primary amides is 1. The molecule has 1 amide bonds. The van der Waals surface area contributed by atoms with Crippen LogP contribution in [0.25, 0.3) is 0 Å². The molecule has 1 rings (SSSR count). The highest BCUT2D eigenvalue weighted by Gasteiger charge is 2.09. The maximum absolute atomic E-state index is 10.9. The molecule has 3 N–H and O–H groups in total. The van der Waals surface area contributed by atoms with Crippen LogP contribution in [-0.4, -0.2) is 30.5 Å². The van der Waals surface area contributed by atoms with E-state index in [0.717, 1.165) is 23.5 Å². The Morgan fingerprint density at radius 1 is 1.56 bits per heavy atom. The molecule has 100 valence electrons. The summed E-state index contributed by atoms with van der Waals surface area (Å²) in [4.78, 5) is 17.0. The van der Waals surface area contributed by atoms with Crippen LogP contribution in [-0.2, 0) is 11.3 Å². The summed E-state index contributed by atoms with van der Waals surface area (Å²) in [5.74, 6) is 0.436. The van der Waals surface area contributed by atoms with E-state index in [9.17, 15) is 4.79 Å². The monoisotopic (exact) mass is 250 g/mol. The third kappa shape index (κ3) is 4.33. The van der Waals surface area contributed by atoms with Crippen molar-refractivity contribution in [2.75, 3.05) is 18.5 Å². The van der Waals surface area contributed by atoms with Crippen LogP contribution in [0.2, 0.25) is 0 Å². The highest BCUT2D eigenvalue weighted by molar-refractivity contribution is 5.79. The fourth-order valence-corrected chi connectivity index (χ4v) is 1.75. The van der Waals surface area contributed by atoms with Gasteiger partial charge in [0.25, 0.3) is 0 Å². The Bertz CT molecular complexity index is 417.